The van der Waals surface area contributed by atoms with Gasteiger partial charge in [0.15, 0.2) is 0 Å². The molecule has 28 heavy (non-hydrogen) atoms. The minimum absolute atomic E-state index is 0.439. The van der Waals surface area contributed by atoms with Gasteiger partial charge in [0.1, 0.15) is 0 Å². The lowest BCUT2D eigenvalue weighted by Crippen LogP contribution is -2.44. The van der Waals surface area contributed by atoms with E-state index in [0.717, 1.165) is 30.0 Å². The molecule has 1 aliphatic heterocycles. The number of anilines is 1. The van der Waals surface area contributed by atoms with Crippen molar-refractivity contribution >= 4 is 28.3 Å². The van der Waals surface area contributed by atoms with Gasteiger partial charge >= 0.3 is 11.8 Å². The monoisotopic (exact) mass is 372 g/mol. The smallest absolute Gasteiger partial charge is 0.313 e. The molecule has 4 nitrogen and oxygen atoms in total. The number of fused-ring (bicyclic) bond motifs is 1. The zero-order valence-electron chi connectivity index (χ0n) is 15.8. The summed E-state index contributed by atoms with van der Waals surface area (Å²) in [5.74, 6) is -0.434. The molecule has 1 saturated heterocycles. The van der Waals surface area contributed by atoms with Crippen LogP contribution in [0.5, 0.6) is 0 Å². The number of carbonyl (C=O) groups is 2. The van der Waals surface area contributed by atoms with Crippen LogP contribution in [0.2, 0.25) is 0 Å². The molecule has 0 spiro atoms. The summed E-state index contributed by atoms with van der Waals surface area (Å²) in [7, 11) is 0. The predicted molar refractivity (Wildman–Crippen MR) is 112 cm³/mol. The Morgan fingerprint density at radius 2 is 1.54 bits per heavy atom. The van der Waals surface area contributed by atoms with Crippen LogP contribution in [0.25, 0.3) is 10.8 Å². The second kappa shape index (κ2) is 8.26. The molecule has 4 rings (SSSR count). The summed E-state index contributed by atoms with van der Waals surface area (Å²) < 4.78 is 0. The summed E-state index contributed by atoms with van der Waals surface area (Å²) >= 11 is 0. The molecule has 3 aromatic rings. The van der Waals surface area contributed by atoms with E-state index in [0.29, 0.717) is 24.7 Å². The van der Waals surface area contributed by atoms with Crippen molar-refractivity contribution in [2.75, 3.05) is 18.4 Å². The average molecular weight is 372 g/mol. The van der Waals surface area contributed by atoms with Gasteiger partial charge in [-0.1, -0.05) is 66.7 Å². The third-order valence-electron chi connectivity index (χ3n) is 5.50. The molecule has 0 radical (unpaired) electrons. The van der Waals surface area contributed by atoms with Crippen molar-refractivity contribution in [3.63, 3.8) is 0 Å². The highest BCUT2D eigenvalue weighted by molar-refractivity contribution is 6.40. The third kappa shape index (κ3) is 4.06. The van der Waals surface area contributed by atoms with Crippen molar-refractivity contribution in [3.8, 4) is 0 Å². The Bertz CT molecular complexity index is 971. The largest absolute Gasteiger partial charge is 0.334 e. The van der Waals surface area contributed by atoms with E-state index in [4.69, 9.17) is 0 Å². The molecule has 3 aromatic carbocycles. The number of nitrogens with one attached hydrogen (secondary N) is 1. The zero-order chi connectivity index (χ0) is 19.3. The van der Waals surface area contributed by atoms with E-state index in [1.807, 2.05) is 48.5 Å². The fraction of sp³-hybridized carbons (Fsp3) is 0.250. The topological polar surface area (TPSA) is 49.4 Å². The van der Waals surface area contributed by atoms with Gasteiger partial charge in [0, 0.05) is 24.2 Å². The Balaban J connectivity index is 1.35. The number of carbonyl (C=O) groups excluding carboxylic acids is 2. The number of piperidine rings is 1. The highest BCUT2D eigenvalue weighted by Crippen LogP contribution is 2.24. The lowest BCUT2D eigenvalue weighted by atomic mass is 9.90. The summed E-state index contributed by atoms with van der Waals surface area (Å²) in [6.45, 7) is 1.28. The van der Waals surface area contributed by atoms with E-state index in [2.05, 4.69) is 29.6 Å². The minimum atomic E-state index is -0.558. The van der Waals surface area contributed by atoms with Crippen LogP contribution < -0.4 is 5.32 Å². The molecular weight excluding hydrogens is 348 g/mol. The maximum Gasteiger partial charge on any atom is 0.313 e. The van der Waals surface area contributed by atoms with Gasteiger partial charge in [-0.25, -0.2) is 0 Å². The van der Waals surface area contributed by atoms with Crippen molar-refractivity contribution in [2.45, 2.75) is 19.3 Å². The van der Waals surface area contributed by atoms with Crippen molar-refractivity contribution in [1.82, 2.24) is 4.90 Å². The molecule has 0 bridgehead atoms. The van der Waals surface area contributed by atoms with Crippen LogP contribution in [0.4, 0.5) is 5.69 Å². The van der Waals surface area contributed by atoms with Crippen molar-refractivity contribution in [2.24, 2.45) is 5.92 Å². The maximum atomic E-state index is 12.6. The number of benzene rings is 3. The molecule has 1 fully saturated rings. The van der Waals surface area contributed by atoms with Crippen molar-refractivity contribution in [3.05, 3.63) is 78.4 Å². The summed E-state index contributed by atoms with van der Waals surface area (Å²) in [6, 6.07) is 24.0. The average Bonchev–Trinajstić information content (AvgIpc) is 2.75. The van der Waals surface area contributed by atoms with Gasteiger partial charge in [0.05, 0.1) is 0 Å². The molecule has 1 N–H and O–H groups in total. The molecule has 142 valence electrons. The van der Waals surface area contributed by atoms with Crippen LogP contribution >= 0.6 is 0 Å². The van der Waals surface area contributed by atoms with Crippen LogP contribution in [0, 0.1) is 5.92 Å². The van der Waals surface area contributed by atoms with Gasteiger partial charge in [0.25, 0.3) is 0 Å². The first-order valence-electron chi connectivity index (χ1n) is 9.82. The van der Waals surface area contributed by atoms with Crippen LogP contribution in [0.1, 0.15) is 18.4 Å². The lowest BCUT2D eigenvalue weighted by molar-refractivity contribution is -0.144. The molecule has 0 saturated carbocycles. The molecule has 4 heteroatoms. The second-order valence-electron chi connectivity index (χ2n) is 7.41. The lowest BCUT2D eigenvalue weighted by Gasteiger charge is -2.31. The van der Waals surface area contributed by atoms with E-state index < -0.39 is 11.8 Å². The summed E-state index contributed by atoms with van der Waals surface area (Å²) in [6.07, 6.45) is 2.90. The Morgan fingerprint density at radius 3 is 2.32 bits per heavy atom. The zero-order valence-corrected chi connectivity index (χ0v) is 15.8. The fourth-order valence-corrected chi connectivity index (χ4v) is 3.94. The van der Waals surface area contributed by atoms with E-state index in [-0.39, 0.29) is 0 Å². The minimum Gasteiger partial charge on any atom is -0.334 e. The third-order valence-corrected chi connectivity index (χ3v) is 5.50. The Morgan fingerprint density at radius 1 is 0.857 bits per heavy atom. The van der Waals surface area contributed by atoms with Crippen LogP contribution in [0.15, 0.2) is 72.8 Å². The van der Waals surface area contributed by atoms with Gasteiger partial charge in [-0.15, -0.1) is 0 Å². The van der Waals surface area contributed by atoms with E-state index in [9.17, 15) is 9.59 Å². The second-order valence-corrected chi connectivity index (χ2v) is 7.41. The number of nitrogens with zero attached hydrogens (tertiary/aromatic N) is 1. The SMILES string of the molecule is O=C(Nc1cccc2ccccc12)C(=O)N1CCC(Cc2ccccc2)CC1. The number of rotatable bonds is 3. The number of hydrogen-bond donors (Lipinski definition) is 1. The Hall–Kier alpha value is -3.14. The van der Waals surface area contributed by atoms with E-state index in [1.54, 1.807) is 4.90 Å². The molecular formula is C24H24N2O2. The molecule has 1 aliphatic rings. The number of likely N-dealkylation sites (tertiary alicyclic amines) is 1. The predicted octanol–water partition coefficient (Wildman–Crippen LogP) is 4.26. The van der Waals surface area contributed by atoms with Crippen LogP contribution in [-0.4, -0.2) is 29.8 Å². The normalized spacial score (nSPS) is 14.8. The van der Waals surface area contributed by atoms with E-state index in [1.165, 1.54) is 5.56 Å². The molecule has 0 unspecified atom stereocenters. The highest BCUT2D eigenvalue weighted by Gasteiger charge is 2.27. The number of amides is 2. The van der Waals surface area contributed by atoms with Gasteiger partial charge < -0.3 is 10.2 Å². The van der Waals surface area contributed by atoms with Gasteiger partial charge in [0.2, 0.25) is 0 Å². The van der Waals surface area contributed by atoms with Crippen LogP contribution in [-0.2, 0) is 16.0 Å². The quantitative estimate of drug-likeness (QED) is 0.699. The van der Waals surface area contributed by atoms with Crippen LogP contribution in [0.3, 0.4) is 0 Å². The summed E-state index contributed by atoms with van der Waals surface area (Å²) in [4.78, 5) is 26.8. The van der Waals surface area contributed by atoms with Gasteiger partial charge in [-0.3, -0.25) is 9.59 Å². The molecule has 2 amide bonds. The number of hydrogen-bond acceptors (Lipinski definition) is 2. The van der Waals surface area contributed by atoms with E-state index >= 15 is 0 Å². The standard InChI is InChI=1S/C24H24N2O2/c27-23(25-22-12-6-10-20-9-4-5-11-21(20)22)24(28)26-15-13-19(14-16-26)17-18-7-2-1-3-8-18/h1-12,19H,13-17H2,(H,25,27). The first kappa shape index (κ1) is 18.2. The Kier molecular flexibility index (Phi) is 5.38. The first-order valence-corrected chi connectivity index (χ1v) is 9.82. The fourth-order valence-electron chi connectivity index (χ4n) is 3.94. The molecule has 0 atom stereocenters. The van der Waals surface area contributed by atoms with Crippen molar-refractivity contribution < 1.29 is 9.59 Å². The molecule has 0 aromatic heterocycles. The van der Waals surface area contributed by atoms with Gasteiger partial charge in [-0.2, -0.15) is 0 Å². The van der Waals surface area contributed by atoms with Gasteiger partial charge in [-0.05, 0) is 42.2 Å². The Labute approximate surface area is 165 Å². The van der Waals surface area contributed by atoms with Crippen molar-refractivity contribution in [1.29, 1.82) is 0 Å². The molecule has 1 heterocycles. The summed E-state index contributed by atoms with van der Waals surface area (Å²) in [5, 5.41) is 4.78. The maximum absolute atomic E-state index is 12.6. The molecule has 0 aliphatic carbocycles. The first-order chi connectivity index (χ1) is 13.7. The summed E-state index contributed by atoms with van der Waals surface area (Å²) in [5.41, 5.74) is 2.01. The highest BCUT2D eigenvalue weighted by atomic mass is 16.2.